The van der Waals surface area contributed by atoms with Crippen LogP contribution in [0.5, 0.6) is 0 Å². The Morgan fingerprint density at radius 3 is 2.44 bits per heavy atom. The standard InChI is InChI=1S/C13H18N2O/c16-13-7-11-1-2-12(8-13)15(11)9-10-3-5-14-6-4-10/h3-6,11-13,16H,1-2,7-9H2. The van der Waals surface area contributed by atoms with Crippen molar-refractivity contribution < 1.29 is 5.11 Å². The molecule has 86 valence electrons. The van der Waals surface area contributed by atoms with Gasteiger partial charge in [0.1, 0.15) is 0 Å². The molecule has 2 aliphatic heterocycles. The number of nitrogens with zero attached hydrogens (tertiary/aromatic N) is 2. The number of hydrogen-bond acceptors (Lipinski definition) is 3. The van der Waals surface area contributed by atoms with Crippen LogP contribution in [0.4, 0.5) is 0 Å². The molecule has 0 radical (unpaired) electrons. The number of aliphatic hydroxyl groups excluding tert-OH is 1. The summed E-state index contributed by atoms with van der Waals surface area (Å²) in [6, 6.07) is 5.37. The molecule has 0 aliphatic carbocycles. The van der Waals surface area contributed by atoms with Crippen LogP contribution < -0.4 is 0 Å². The Morgan fingerprint density at radius 1 is 1.19 bits per heavy atom. The van der Waals surface area contributed by atoms with Gasteiger partial charge in [0, 0.05) is 31.0 Å². The Morgan fingerprint density at radius 2 is 1.81 bits per heavy atom. The van der Waals surface area contributed by atoms with E-state index in [0.717, 1.165) is 19.4 Å². The van der Waals surface area contributed by atoms with Crippen LogP contribution >= 0.6 is 0 Å². The summed E-state index contributed by atoms with van der Waals surface area (Å²) in [7, 11) is 0. The zero-order valence-corrected chi connectivity index (χ0v) is 9.42. The van der Waals surface area contributed by atoms with Crippen LogP contribution in [0.3, 0.4) is 0 Å². The molecule has 2 aliphatic rings. The molecule has 2 saturated heterocycles. The normalized spacial score (nSPS) is 34.2. The van der Waals surface area contributed by atoms with E-state index < -0.39 is 0 Å². The van der Waals surface area contributed by atoms with E-state index in [0.29, 0.717) is 12.1 Å². The largest absolute Gasteiger partial charge is 0.393 e. The van der Waals surface area contributed by atoms with Gasteiger partial charge in [-0.25, -0.2) is 0 Å². The van der Waals surface area contributed by atoms with Crippen molar-refractivity contribution in [2.75, 3.05) is 0 Å². The Bertz CT molecular complexity index is 340. The number of piperidine rings is 1. The number of rotatable bonds is 2. The lowest BCUT2D eigenvalue weighted by molar-refractivity contribution is 0.0310. The molecule has 2 fully saturated rings. The first kappa shape index (κ1) is 10.2. The number of aromatic nitrogens is 1. The third-order valence-electron chi connectivity index (χ3n) is 3.97. The zero-order chi connectivity index (χ0) is 11.0. The van der Waals surface area contributed by atoms with E-state index in [4.69, 9.17) is 0 Å². The van der Waals surface area contributed by atoms with Gasteiger partial charge in [-0.3, -0.25) is 9.88 Å². The smallest absolute Gasteiger partial charge is 0.0570 e. The Balaban J connectivity index is 1.72. The van der Waals surface area contributed by atoms with E-state index in [1.165, 1.54) is 18.4 Å². The highest BCUT2D eigenvalue weighted by molar-refractivity contribution is 5.11. The molecule has 0 amide bonds. The van der Waals surface area contributed by atoms with E-state index in [9.17, 15) is 5.11 Å². The fourth-order valence-electron chi connectivity index (χ4n) is 3.20. The first-order valence-electron chi connectivity index (χ1n) is 6.15. The van der Waals surface area contributed by atoms with Crippen molar-refractivity contribution in [1.29, 1.82) is 0 Å². The van der Waals surface area contributed by atoms with Crippen molar-refractivity contribution in [1.82, 2.24) is 9.88 Å². The molecule has 1 N–H and O–H groups in total. The van der Waals surface area contributed by atoms with Crippen LogP contribution in [0, 0.1) is 0 Å². The van der Waals surface area contributed by atoms with Gasteiger partial charge in [-0.05, 0) is 43.4 Å². The maximum absolute atomic E-state index is 9.74. The molecule has 0 saturated carbocycles. The minimum Gasteiger partial charge on any atom is -0.393 e. The van der Waals surface area contributed by atoms with Crippen LogP contribution in [0.1, 0.15) is 31.2 Å². The Hall–Kier alpha value is -0.930. The second-order valence-electron chi connectivity index (χ2n) is 5.04. The fourth-order valence-corrected chi connectivity index (χ4v) is 3.20. The highest BCUT2D eigenvalue weighted by Gasteiger charge is 2.39. The summed E-state index contributed by atoms with van der Waals surface area (Å²) in [5.74, 6) is 0. The van der Waals surface area contributed by atoms with E-state index in [1.807, 2.05) is 12.4 Å². The van der Waals surface area contributed by atoms with Gasteiger partial charge in [-0.2, -0.15) is 0 Å². The highest BCUT2D eigenvalue weighted by atomic mass is 16.3. The molecule has 3 rings (SSSR count). The summed E-state index contributed by atoms with van der Waals surface area (Å²) < 4.78 is 0. The number of hydrogen-bond donors (Lipinski definition) is 1. The van der Waals surface area contributed by atoms with Crippen molar-refractivity contribution in [2.45, 2.75) is 50.4 Å². The molecule has 2 atom stereocenters. The summed E-state index contributed by atoms with van der Waals surface area (Å²) in [6.07, 6.45) is 8.08. The van der Waals surface area contributed by atoms with Crippen LogP contribution in [-0.4, -0.2) is 33.2 Å². The topological polar surface area (TPSA) is 36.4 Å². The number of pyridine rings is 1. The Kier molecular flexibility index (Phi) is 2.65. The summed E-state index contributed by atoms with van der Waals surface area (Å²) in [6.45, 7) is 1.02. The predicted octanol–water partition coefficient (Wildman–Crippen LogP) is 1.57. The third kappa shape index (κ3) is 1.85. The molecule has 2 unspecified atom stereocenters. The van der Waals surface area contributed by atoms with Gasteiger partial charge in [0.25, 0.3) is 0 Å². The van der Waals surface area contributed by atoms with Gasteiger partial charge in [-0.15, -0.1) is 0 Å². The average molecular weight is 218 g/mol. The van der Waals surface area contributed by atoms with Gasteiger partial charge < -0.3 is 5.11 Å². The predicted molar refractivity (Wildman–Crippen MR) is 61.8 cm³/mol. The first-order chi connectivity index (χ1) is 7.83. The van der Waals surface area contributed by atoms with Gasteiger partial charge in [0.2, 0.25) is 0 Å². The van der Waals surface area contributed by atoms with Crippen LogP contribution in [0.2, 0.25) is 0 Å². The molecular formula is C13H18N2O. The lowest BCUT2D eigenvalue weighted by atomic mass is 9.99. The molecule has 0 aromatic carbocycles. The SMILES string of the molecule is OC1CC2CCC(C1)N2Cc1ccncc1. The van der Waals surface area contributed by atoms with Crippen LogP contribution in [0.15, 0.2) is 24.5 Å². The van der Waals surface area contributed by atoms with Gasteiger partial charge in [0.05, 0.1) is 6.10 Å². The second kappa shape index (κ2) is 4.15. The molecule has 1 aromatic rings. The molecule has 3 nitrogen and oxygen atoms in total. The Labute approximate surface area is 96.1 Å². The van der Waals surface area contributed by atoms with E-state index >= 15 is 0 Å². The minimum atomic E-state index is -0.0637. The van der Waals surface area contributed by atoms with Crippen molar-refractivity contribution in [3.05, 3.63) is 30.1 Å². The van der Waals surface area contributed by atoms with Gasteiger partial charge in [-0.1, -0.05) is 0 Å². The highest BCUT2D eigenvalue weighted by Crippen LogP contribution is 2.36. The lowest BCUT2D eigenvalue weighted by Gasteiger charge is -2.37. The molecule has 1 aromatic heterocycles. The van der Waals surface area contributed by atoms with Gasteiger partial charge in [0.15, 0.2) is 0 Å². The molecule has 3 heterocycles. The van der Waals surface area contributed by atoms with Crippen molar-refractivity contribution in [3.8, 4) is 0 Å². The summed E-state index contributed by atoms with van der Waals surface area (Å²) in [5.41, 5.74) is 1.34. The van der Waals surface area contributed by atoms with Crippen LogP contribution in [-0.2, 0) is 6.54 Å². The molecule has 16 heavy (non-hydrogen) atoms. The third-order valence-corrected chi connectivity index (χ3v) is 3.97. The monoisotopic (exact) mass is 218 g/mol. The summed E-state index contributed by atoms with van der Waals surface area (Å²) >= 11 is 0. The van der Waals surface area contributed by atoms with Gasteiger partial charge >= 0.3 is 0 Å². The molecule has 2 bridgehead atoms. The maximum atomic E-state index is 9.74. The first-order valence-corrected chi connectivity index (χ1v) is 6.15. The van der Waals surface area contributed by atoms with Crippen LogP contribution in [0.25, 0.3) is 0 Å². The quantitative estimate of drug-likeness (QED) is 0.818. The van der Waals surface area contributed by atoms with E-state index in [-0.39, 0.29) is 6.10 Å². The lowest BCUT2D eigenvalue weighted by Crippen LogP contribution is -2.44. The fraction of sp³-hybridized carbons (Fsp3) is 0.615. The number of fused-ring (bicyclic) bond motifs is 2. The summed E-state index contributed by atoms with van der Waals surface area (Å²) in [4.78, 5) is 6.62. The number of aliphatic hydroxyl groups is 1. The zero-order valence-electron chi connectivity index (χ0n) is 9.42. The summed E-state index contributed by atoms with van der Waals surface area (Å²) in [5, 5.41) is 9.74. The van der Waals surface area contributed by atoms with Crippen molar-refractivity contribution in [3.63, 3.8) is 0 Å². The maximum Gasteiger partial charge on any atom is 0.0570 e. The molecule has 0 spiro atoms. The molecule has 3 heteroatoms. The average Bonchev–Trinajstić information content (AvgIpc) is 2.54. The molecular weight excluding hydrogens is 200 g/mol. The minimum absolute atomic E-state index is 0.0637. The van der Waals surface area contributed by atoms with E-state index in [1.54, 1.807) is 0 Å². The van der Waals surface area contributed by atoms with E-state index in [2.05, 4.69) is 22.0 Å². The van der Waals surface area contributed by atoms with Crippen molar-refractivity contribution >= 4 is 0 Å². The van der Waals surface area contributed by atoms with Crippen molar-refractivity contribution in [2.24, 2.45) is 0 Å². The second-order valence-corrected chi connectivity index (χ2v) is 5.04.